The van der Waals surface area contributed by atoms with Crippen molar-refractivity contribution in [3.63, 3.8) is 0 Å². The van der Waals surface area contributed by atoms with Crippen molar-refractivity contribution < 1.29 is 14.7 Å². The molecular weight excluding hydrogens is 240 g/mol. The van der Waals surface area contributed by atoms with Crippen LogP contribution in [0.25, 0.3) is 0 Å². The van der Waals surface area contributed by atoms with Gasteiger partial charge in [0.15, 0.2) is 5.78 Å². The molecule has 0 saturated carbocycles. The summed E-state index contributed by atoms with van der Waals surface area (Å²) < 4.78 is 0. The second kappa shape index (κ2) is 5.55. The average Bonchev–Trinajstić information content (AvgIpc) is 2.24. The first-order chi connectivity index (χ1) is 8.65. The molecule has 0 fully saturated rings. The van der Waals surface area contributed by atoms with Crippen molar-refractivity contribution in [1.29, 1.82) is 0 Å². The van der Waals surface area contributed by atoms with Gasteiger partial charge in [-0.2, -0.15) is 0 Å². The van der Waals surface area contributed by atoms with Crippen LogP contribution in [-0.2, 0) is 4.79 Å². The van der Waals surface area contributed by atoms with Crippen molar-refractivity contribution in [2.45, 2.75) is 47.5 Å². The lowest BCUT2D eigenvalue weighted by Crippen LogP contribution is -2.24. The van der Waals surface area contributed by atoms with Crippen LogP contribution in [0.3, 0.4) is 0 Å². The van der Waals surface area contributed by atoms with Gasteiger partial charge in [0.25, 0.3) is 0 Å². The monoisotopic (exact) mass is 262 g/mol. The van der Waals surface area contributed by atoms with E-state index >= 15 is 0 Å². The Hall–Kier alpha value is -1.64. The van der Waals surface area contributed by atoms with E-state index in [0.717, 1.165) is 22.3 Å². The van der Waals surface area contributed by atoms with Crippen molar-refractivity contribution in [3.8, 4) is 0 Å². The molecule has 0 heterocycles. The lowest BCUT2D eigenvalue weighted by Gasteiger charge is -2.19. The van der Waals surface area contributed by atoms with Gasteiger partial charge in [-0.05, 0) is 52.2 Å². The number of benzene rings is 1. The Balaban J connectivity index is 2.89. The molecule has 1 aromatic rings. The molecule has 0 saturated heterocycles. The quantitative estimate of drug-likeness (QED) is 0.823. The van der Waals surface area contributed by atoms with Crippen molar-refractivity contribution in [2.75, 3.05) is 0 Å². The van der Waals surface area contributed by atoms with E-state index in [9.17, 15) is 9.59 Å². The van der Waals surface area contributed by atoms with Gasteiger partial charge in [0.05, 0.1) is 5.41 Å². The fourth-order valence-electron chi connectivity index (χ4n) is 2.28. The van der Waals surface area contributed by atoms with E-state index in [-0.39, 0.29) is 12.2 Å². The fraction of sp³-hybridized carbons (Fsp3) is 0.500. The number of carboxylic acids is 1. The third kappa shape index (κ3) is 3.66. The van der Waals surface area contributed by atoms with Gasteiger partial charge in [0, 0.05) is 12.0 Å². The highest BCUT2D eigenvalue weighted by atomic mass is 16.4. The van der Waals surface area contributed by atoms with Gasteiger partial charge in [0.1, 0.15) is 0 Å². The van der Waals surface area contributed by atoms with Gasteiger partial charge in [0.2, 0.25) is 0 Å². The third-order valence-corrected chi connectivity index (χ3v) is 3.51. The predicted octanol–water partition coefficient (Wildman–Crippen LogP) is 3.69. The standard InChI is InChI=1S/C16H22O3/c1-10-8-11(2)14(12(3)9-10)13(17)6-7-16(4,5)15(18)19/h8-9H,6-7H2,1-5H3,(H,18,19). The van der Waals surface area contributed by atoms with Crippen LogP contribution < -0.4 is 0 Å². The van der Waals surface area contributed by atoms with Gasteiger partial charge in [-0.15, -0.1) is 0 Å². The number of hydrogen-bond acceptors (Lipinski definition) is 2. The first-order valence-electron chi connectivity index (χ1n) is 6.49. The first kappa shape index (κ1) is 15.4. The fourth-order valence-corrected chi connectivity index (χ4v) is 2.28. The molecule has 19 heavy (non-hydrogen) atoms. The largest absolute Gasteiger partial charge is 0.481 e. The predicted molar refractivity (Wildman–Crippen MR) is 75.6 cm³/mol. The third-order valence-electron chi connectivity index (χ3n) is 3.51. The van der Waals surface area contributed by atoms with Gasteiger partial charge in [-0.1, -0.05) is 17.7 Å². The van der Waals surface area contributed by atoms with Gasteiger partial charge < -0.3 is 5.11 Å². The summed E-state index contributed by atoms with van der Waals surface area (Å²) in [5.41, 5.74) is 2.96. The Bertz CT molecular complexity index is 490. The van der Waals surface area contributed by atoms with Crippen LogP contribution >= 0.6 is 0 Å². The van der Waals surface area contributed by atoms with E-state index in [1.165, 1.54) is 0 Å². The number of rotatable bonds is 5. The molecule has 3 heteroatoms. The highest BCUT2D eigenvalue weighted by Gasteiger charge is 2.28. The summed E-state index contributed by atoms with van der Waals surface area (Å²) in [6.45, 7) is 9.15. The van der Waals surface area contributed by atoms with Crippen molar-refractivity contribution in [2.24, 2.45) is 5.41 Å². The Morgan fingerprint density at radius 1 is 1.11 bits per heavy atom. The molecule has 0 aliphatic heterocycles. The number of ketones is 1. The number of carbonyl (C=O) groups is 2. The Labute approximate surface area is 114 Å². The molecule has 1 aromatic carbocycles. The summed E-state index contributed by atoms with van der Waals surface area (Å²) in [5, 5.41) is 9.06. The van der Waals surface area contributed by atoms with Crippen LogP contribution in [0.5, 0.6) is 0 Å². The zero-order chi connectivity index (χ0) is 14.8. The Kier molecular flexibility index (Phi) is 4.51. The van der Waals surface area contributed by atoms with Crippen LogP contribution in [0, 0.1) is 26.2 Å². The zero-order valence-electron chi connectivity index (χ0n) is 12.3. The van der Waals surface area contributed by atoms with Crippen LogP contribution in [0.15, 0.2) is 12.1 Å². The number of hydrogen-bond donors (Lipinski definition) is 1. The molecule has 0 unspecified atom stereocenters. The van der Waals surface area contributed by atoms with Crippen LogP contribution in [0.2, 0.25) is 0 Å². The summed E-state index contributed by atoms with van der Waals surface area (Å²) in [7, 11) is 0. The molecule has 0 bridgehead atoms. The van der Waals surface area contributed by atoms with E-state index in [2.05, 4.69) is 0 Å². The molecule has 0 radical (unpaired) electrons. The lowest BCUT2D eigenvalue weighted by molar-refractivity contribution is -0.147. The summed E-state index contributed by atoms with van der Waals surface area (Å²) in [5.74, 6) is -0.832. The van der Waals surface area contributed by atoms with E-state index < -0.39 is 11.4 Å². The summed E-state index contributed by atoms with van der Waals surface area (Å²) in [4.78, 5) is 23.3. The first-order valence-corrected chi connectivity index (χ1v) is 6.49. The van der Waals surface area contributed by atoms with Crippen LogP contribution in [0.1, 0.15) is 53.7 Å². The van der Waals surface area contributed by atoms with Gasteiger partial charge in [-0.3, -0.25) is 9.59 Å². The van der Waals surface area contributed by atoms with E-state index in [0.29, 0.717) is 6.42 Å². The minimum Gasteiger partial charge on any atom is -0.481 e. The number of Topliss-reactive ketones (excluding diaryl/α,β-unsaturated/α-hetero) is 1. The normalized spacial score (nSPS) is 11.4. The second-order valence-electron chi connectivity index (χ2n) is 5.89. The highest BCUT2D eigenvalue weighted by Crippen LogP contribution is 2.25. The molecule has 3 nitrogen and oxygen atoms in total. The SMILES string of the molecule is Cc1cc(C)c(C(=O)CCC(C)(C)C(=O)O)c(C)c1. The molecule has 0 spiro atoms. The maximum atomic E-state index is 12.3. The van der Waals surface area contributed by atoms with E-state index in [4.69, 9.17) is 5.11 Å². The summed E-state index contributed by atoms with van der Waals surface area (Å²) in [6, 6.07) is 3.98. The molecular formula is C16H22O3. The van der Waals surface area contributed by atoms with Crippen molar-refractivity contribution in [3.05, 3.63) is 34.4 Å². The molecule has 0 aromatic heterocycles. The molecule has 0 atom stereocenters. The smallest absolute Gasteiger partial charge is 0.309 e. The molecule has 0 aliphatic rings. The zero-order valence-corrected chi connectivity index (χ0v) is 12.3. The Morgan fingerprint density at radius 2 is 1.58 bits per heavy atom. The number of aryl methyl sites for hydroxylation is 3. The number of carboxylic acid groups (broad SMARTS) is 1. The van der Waals surface area contributed by atoms with E-state index in [1.54, 1.807) is 13.8 Å². The molecule has 1 rings (SSSR count). The molecule has 0 amide bonds. The molecule has 0 aliphatic carbocycles. The highest BCUT2D eigenvalue weighted by molar-refractivity contribution is 5.99. The van der Waals surface area contributed by atoms with Gasteiger partial charge >= 0.3 is 5.97 Å². The lowest BCUT2D eigenvalue weighted by atomic mass is 9.85. The summed E-state index contributed by atoms with van der Waals surface area (Å²) >= 11 is 0. The average molecular weight is 262 g/mol. The maximum Gasteiger partial charge on any atom is 0.309 e. The van der Waals surface area contributed by atoms with Crippen LogP contribution in [-0.4, -0.2) is 16.9 Å². The van der Waals surface area contributed by atoms with Gasteiger partial charge in [-0.25, -0.2) is 0 Å². The number of aliphatic carboxylic acids is 1. The Morgan fingerprint density at radius 3 is 2.00 bits per heavy atom. The maximum absolute atomic E-state index is 12.3. The molecule has 104 valence electrons. The summed E-state index contributed by atoms with van der Waals surface area (Å²) in [6.07, 6.45) is 0.623. The van der Waals surface area contributed by atoms with Crippen molar-refractivity contribution >= 4 is 11.8 Å². The minimum absolute atomic E-state index is 0.0318. The second-order valence-corrected chi connectivity index (χ2v) is 5.89. The topological polar surface area (TPSA) is 54.4 Å². The molecule has 1 N–H and O–H groups in total. The number of carbonyl (C=O) groups excluding carboxylic acids is 1. The minimum atomic E-state index is -0.863. The van der Waals surface area contributed by atoms with Crippen LogP contribution in [0.4, 0.5) is 0 Å². The van der Waals surface area contributed by atoms with E-state index in [1.807, 2.05) is 32.9 Å². The van der Waals surface area contributed by atoms with Crippen molar-refractivity contribution in [1.82, 2.24) is 0 Å².